The van der Waals surface area contributed by atoms with E-state index in [9.17, 15) is 0 Å². The molecule has 0 fully saturated rings. The number of aryl methyl sites for hydroxylation is 1. The number of halogens is 2. The molecular weight excluding hydrogens is 492 g/mol. The van der Waals surface area contributed by atoms with Gasteiger partial charge in [-0.2, -0.15) is 0 Å². The van der Waals surface area contributed by atoms with E-state index < -0.39 is 7.28 Å². The van der Waals surface area contributed by atoms with E-state index in [-0.39, 0.29) is 5.16 Å². The predicted octanol–water partition coefficient (Wildman–Crippen LogP) is 7.80. The molecule has 142 valence electrons. The van der Waals surface area contributed by atoms with Gasteiger partial charge in [-0.1, -0.05) is 38.4 Å². The Morgan fingerprint density at radius 1 is 1.04 bits per heavy atom. The molecule has 3 aromatic rings. The topological polar surface area (TPSA) is 34.7 Å². The molecule has 0 bridgehead atoms. The second kappa shape index (κ2) is 8.02. The molecule has 0 N–H and O–H groups in total. The Balaban J connectivity index is 2.26. The summed E-state index contributed by atoms with van der Waals surface area (Å²) in [7, 11) is -2.59. The Morgan fingerprint density at radius 3 is 2.30 bits per heavy atom. The minimum absolute atomic E-state index is 0.289. The fraction of sp³-hybridized carbons (Fsp3) is 0.238. The highest BCUT2D eigenvalue weighted by Gasteiger charge is 2.41. The summed E-state index contributed by atoms with van der Waals surface area (Å²) in [5, 5.41) is 0.340. The highest BCUT2D eigenvalue weighted by Crippen LogP contribution is 2.62. The lowest BCUT2D eigenvalue weighted by atomic mass is 10.3. The van der Waals surface area contributed by atoms with Gasteiger partial charge in [0.05, 0.1) is 5.69 Å². The maximum absolute atomic E-state index is 6.65. The summed E-state index contributed by atoms with van der Waals surface area (Å²) >= 11 is 8.48. The first-order valence-electron chi connectivity index (χ1n) is 8.60. The summed E-state index contributed by atoms with van der Waals surface area (Å²) in [6.45, 7) is 8.35. The van der Waals surface area contributed by atoms with E-state index in [4.69, 9.17) is 25.3 Å². The lowest BCUT2D eigenvalue weighted by Crippen LogP contribution is -2.26. The molecule has 0 saturated heterocycles. The van der Waals surface area contributed by atoms with Crippen LogP contribution in [0.25, 0.3) is 0 Å². The minimum atomic E-state index is -2.59. The lowest BCUT2D eigenvalue weighted by molar-refractivity contribution is 0.527. The first-order chi connectivity index (χ1) is 12.7. The van der Waals surface area contributed by atoms with Crippen LogP contribution in [0.5, 0.6) is 5.75 Å². The average Bonchev–Trinajstić information content (AvgIpc) is 3.02. The van der Waals surface area contributed by atoms with Crippen LogP contribution in [0.4, 0.5) is 5.69 Å². The zero-order valence-electron chi connectivity index (χ0n) is 15.7. The summed E-state index contributed by atoms with van der Waals surface area (Å²) in [6.07, 6.45) is 0. The van der Waals surface area contributed by atoms with E-state index in [1.165, 1.54) is 0 Å². The van der Waals surface area contributed by atoms with Crippen LogP contribution in [-0.2, 0) is 0 Å². The van der Waals surface area contributed by atoms with Crippen LogP contribution < -0.4 is 10.0 Å². The molecule has 0 radical (unpaired) electrons. The maximum atomic E-state index is 6.65. The molecule has 27 heavy (non-hydrogen) atoms. The van der Waals surface area contributed by atoms with Crippen molar-refractivity contribution in [2.24, 2.45) is 4.74 Å². The van der Waals surface area contributed by atoms with Crippen LogP contribution in [0.15, 0.2) is 69.8 Å². The van der Waals surface area contributed by atoms with Crippen LogP contribution in [0.3, 0.4) is 0 Å². The summed E-state index contributed by atoms with van der Waals surface area (Å²) in [4.78, 5) is 0. The van der Waals surface area contributed by atoms with Crippen molar-refractivity contribution in [3.63, 3.8) is 0 Å². The van der Waals surface area contributed by atoms with Gasteiger partial charge in [-0.3, -0.25) is 0 Å². The Morgan fingerprint density at radius 2 is 1.74 bits per heavy atom. The zero-order chi connectivity index (χ0) is 19.7. The second-order valence-corrected chi connectivity index (χ2v) is 12.3. The van der Waals surface area contributed by atoms with Crippen molar-refractivity contribution < 1.29 is 8.94 Å². The molecule has 1 heterocycles. The number of hydrogen-bond donors (Lipinski definition) is 0. The van der Waals surface area contributed by atoms with Crippen molar-refractivity contribution in [1.82, 2.24) is 0 Å². The van der Waals surface area contributed by atoms with Crippen molar-refractivity contribution in [2.45, 2.75) is 32.9 Å². The van der Waals surface area contributed by atoms with Crippen LogP contribution in [0.1, 0.15) is 26.5 Å². The molecule has 3 nitrogen and oxygen atoms in total. The Labute approximate surface area is 179 Å². The SMILES string of the molecule is Cc1ccc([P@@](=Nc2ccc(I)cc2)(Oc2cccc(Cl)c2)C(C)(C)C)o1. The average molecular weight is 514 g/mol. The second-order valence-electron chi connectivity index (χ2n) is 7.26. The van der Waals surface area contributed by atoms with Gasteiger partial charge in [-0.25, -0.2) is 4.74 Å². The third kappa shape index (κ3) is 4.61. The van der Waals surface area contributed by atoms with Crippen LogP contribution in [-0.4, -0.2) is 5.16 Å². The summed E-state index contributed by atoms with van der Waals surface area (Å²) in [5.41, 5.74) is 1.64. The van der Waals surface area contributed by atoms with Crippen molar-refractivity contribution >= 4 is 52.7 Å². The standard InChI is InChI=1S/C21H22ClINO2P/c1-15-8-13-20(25-15)27(21(2,3)4,24-18-11-9-17(23)10-12-18)26-19-7-5-6-16(22)14-19/h5-14H,1-4H3/t27-/m1/s1. The van der Waals surface area contributed by atoms with Crippen LogP contribution >= 0.6 is 41.5 Å². The van der Waals surface area contributed by atoms with E-state index in [0.29, 0.717) is 10.8 Å². The van der Waals surface area contributed by atoms with Crippen molar-refractivity contribution in [1.29, 1.82) is 0 Å². The van der Waals surface area contributed by atoms with Crippen molar-refractivity contribution in [2.75, 3.05) is 0 Å². The summed E-state index contributed by atoms with van der Waals surface area (Å²) < 4.78 is 19.0. The molecule has 1 atom stereocenters. The predicted molar refractivity (Wildman–Crippen MR) is 123 cm³/mol. The first-order valence-corrected chi connectivity index (χ1v) is 11.7. The van der Waals surface area contributed by atoms with E-state index in [2.05, 4.69) is 43.4 Å². The molecule has 0 unspecified atom stereocenters. The number of furan rings is 1. The lowest BCUT2D eigenvalue weighted by Gasteiger charge is -2.35. The van der Waals surface area contributed by atoms with Crippen LogP contribution in [0.2, 0.25) is 5.02 Å². The fourth-order valence-corrected chi connectivity index (χ4v) is 6.09. The largest absolute Gasteiger partial charge is 0.457 e. The first kappa shape index (κ1) is 20.5. The molecule has 3 rings (SSSR count). The quantitative estimate of drug-likeness (QED) is 0.263. The molecular formula is C21H22ClINO2P. The van der Waals surface area contributed by atoms with Gasteiger partial charge < -0.3 is 8.94 Å². The van der Waals surface area contributed by atoms with Gasteiger partial charge >= 0.3 is 0 Å². The normalized spacial score (nSPS) is 13.9. The van der Waals surface area contributed by atoms with E-state index >= 15 is 0 Å². The summed E-state index contributed by atoms with van der Waals surface area (Å²) in [6, 6.07) is 19.5. The smallest absolute Gasteiger partial charge is 0.207 e. The van der Waals surface area contributed by atoms with Gasteiger partial charge in [-0.15, -0.1) is 0 Å². The zero-order valence-corrected chi connectivity index (χ0v) is 19.5. The van der Waals surface area contributed by atoms with Crippen molar-refractivity contribution in [3.05, 3.63) is 75.0 Å². The molecule has 1 aromatic heterocycles. The van der Waals surface area contributed by atoms with Gasteiger partial charge in [-0.05, 0) is 84.1 Å². The van der Waals surface area contributed by atoms with E-state index in [0.717, 1.165) is 20.5 Å². The molecule has 6 heteroatoms. The molecule has 0 aliphatic heterocycles. The number of nitrogens with zero attached hydrogens (tertiary/aromatic N) is 1. The molecule has 2 aromatic carbocycles. The Kier molecular flexibility index (Phi) is 6.09. The molecule has 0 amide bonds. The van der Waals surface area contributed by atoms with Gasteiger partial charge in [0.1, 0.15) is 11.5 Å². The molecule has 0 aliphatic carbocycles. The van der Waals surface area contributed by atoms with Crippen LogP contribution in [0, 0.1) is 10.5 Å². The van der Waals surface area contributed by atoms with E-state index in [1.54, 1.807) is 0 Å². The monoisotopic (exact) mass is 513 g/mol. The number of hydrogen-bond acceptors (Lipinski definition) is 3. The van der Waals surface area contributed by atoms with Gasteiger partial charge in [0.2, 0.25) is 7.28 Å². The molecule has 0 saturated carbocycles. The Bertz CT molecular complexity index is 990. The third-order valence-electron chi connectivity index (χ3n) is 4.05. The van der Waals surface area contributed by atoms with Gasteiger partial charge in [0.25, 0.3) is 0 Å². The van der Waals surface area contributed by atoms with Crippen molar-refractivity contribution in [3.8, 4) is 5.75 Å². The third-order valence-corrected chi connectivity index (χ3v) is 8.65. The highest BCUT2D eigenvalue weighted by molar-refractivity contribution is 14.1. The molecule has 0 aliphatic rings. The Hall–Kier alpha value is -1.23. The van der Waals surface area contributed by atoms with Gasteiger partial charge in [0.15, 0.2) is 5.50 Å². The fourth-order valence-electron chi connectivity index (χ4n) is 2.66. The van der Waals surface area contributed by atoms with Gasteiger partial charge in [0, 0.05) is 13.7 Å². The number of rotatable bonds is 4. The summed E-state index contributed by atoms with van der Waals surface area (Å²) in [5.74, 6) is 1.53. The maximum Gasteiger partial charge on any atom is 0.207 e. The number of benzene rings is 2. The minimum Gasteiger partial charge on any atom is -0.457 e. The highest BCUT2D eigenvalue weighted by atomic mass is 127. The molecule has 0 spiro atoms. The van der Waals surface area contributed by atoms with E-state index in [1.807, 2.05) is 67.6 Å².